The highest BCUT2D eigenvalue weighted by Gasteiger charge is 2.12. The first kappa shape index (κ1) is 16.9. The maximum atomic E-state index is 12.2. The second kappa shape index (κ2) is 7.71. The van der Waals surface area contributed by atoms with Crippen LogP contribution in [0.2, 0.25) is 0 Å². The van der Waals surface area contributed by atoms with Crippen LogP contribution >= 0.6 is 0 Å². The molecule has 5 nitrogen and oxygen atoms in total. The van der Waals surface area contributed by atoms with Crippen molar-refractivity contribution in [1.29, 1.82) is 0 Å². The Morgan fingerprint density at radius 2 is 2.17 bits per heavy atom. The third-order valence-electron chi connectivity index (χ3n) is 3.43. The number of carbonyl (C=O) groups is 1. The van der Waals surface area contributed by atoms with Gasteiger partial charge in [0.05, 0.1) is 18.7 Å². The molecule has 0 aliphatic carbocycles. The van der Waals surface area contributed by atoms with Crippen molar-refractivity contribution in [3.63, 3.8) is 0 Å². The van der Waals surface area contributed by atoms with Crippen molar-refractivity contribution in [2.75, 3.05) is 5.32 Å². The molecule has 2 aromatic rings. The molecule has 1 aromatic carbocycles. The molecule has 0 saturated heterocycles. The zero-order valence-electron chi connectivity index (χ0n) is 13.0. The molecule has 1 heterocycles. The predicted octanol–water partition coefficient (Wildman–Crippen LogP) is 3.64. The van der Waals surface area contributed by atoms with Crippen LogP contribution in [0.1, 0.15) is 31.9 Å². The molecule has 0 radical (unpaired) electrons. The minimum atomic E-state index is -2.89. The molecule has 0 aliphatic rings. The van der Waals surface area contributed by atoms with Crippen LogP contribution in [0.25, 0.3) is 0 Å². The van der Waals surface area contributed by atoms with Crippen LogP contribution in [0, 0.1) is 0 Å². The summed E-state index contributed by atoms with van der Waals surface area (Å²) in [6, 6.07) is 8.00. The lowest BCUT2D eigenvalue weighted by atomic mass is 10.1. The van der Waals surface area contributed by atoms with Crippen molar-refractivity contribution in [2.24, 2.45) is 0 Å². The lowest BCUT2D eigenvalue weighted by Gasteiger charge is -2.14. The monoisotopic (exact) mass is 323 g/mol. The number of halogens is 2. The molecule has 0 unspecified atom stereocenters. The predicted molar refractivity (Wildman–Crippen MR) is 82.6 cm³/mol. The Morgan fingerprint density at radius 1 is 1.39 bits per heavy atom. The number of benzene rings is 1. The lowest BCUT2D eigenvalue weighted by Crippen LogP contribution is -2.19. The first-order valence-electron chi connectivity index (χ1n) is 7.36. The van der Waals surface area contributed by atoms with E-state index in [-0.39, 0.29) is 24.1 Å². The average Bonchev–Trinajstić information content (AvgIpc) is 2.94. The molecule has 0 fully saturated rings. The standard InChI is InChI=1S/C16H19F2N3O2/c1-3-11(2)21-14(7-8-19-21)20-15(22)10-12-5-4-6-13(9-12)23-16(17)18/h4-9,11,16H,3,10H2,1-2H3,(H,20,22)/t11-/m0/s1. The van der Waals surface area contributed by atoms with Gasteiger partial charge in [0.1, 0.15) is 11.6 Å². The normalized spacial score (nSPS) is 12.2. The van der Waals surface area contributed by atoms with E-state index in [4.69, 9.17) is 0 Å². The van der Waals surface area contributed by atoms with E-state index in [0.717, 1.165) is 6.42 Å². The number of rotatable bonds is 7. The molecule has 23 heavy (non-hydrogen) atoms. The minimum Gasteiger partial charge on any atom is -0.435 e. The molecule has 0 spiro atoms. The highest BCUT2D eigenvalue weighted by molar-refractivity contribution is 5.91. The van der Waals surface area contributed by atoms with Gasteiger partial charge in [-0.25, -0.2) is 4.68 Å². The second-order valence-electron chi connectivity index (χ2n) is 5.17. The molecule has 0 bridgehead atoms. The summed E-state index contributed by atoms with van der Waals surface area (Å²) < 4.78 is 30.5. The molecule has 1 atom stereocenters. The van der Waals surface area contributed by atoms with E-state index in [1.54, 1.807) is 29.1 Å². The molecule has 1 N–H and O–H groups in total. The van der Waals surface area contributed by atoms with Gasteiger partial charge in [0.2, 0.25) is 5.91 Å². The molecule has 0 saturated carbocycles. The van der Waals surface area contributed by atoms with Crippen molar-refractivity contribution < 1.29 is 18.3 Å². The molecule has 7 heteroatoms. The molecule has 1 amide bonds. The second-order valence-corrected chi connectivity index (χ2v) is 5.17. The molecular formula is C16H19F2N3O2. The van der Waals surface area contributed by atoms with Gasteiger partial charge < -0.3 is 10.1 Å². The van der Waals surface area contributed by atoms with Gasteiger partial charge in [-0.15, -0.1) is 0 Å². The third-order valence-corrected chi connectivity index (χ3v) is 3.43. The quantitative estimate of drug-likeness (QED) is 0.846. The molecule has 1 aromatic heterocycles. The van der Waals surface area contributed by atoms with E-state index in [0.29, 0.717) is 11.4 Å². The molecular weight excluding hydrogens is 304 g/mol. The Morgan fingerprint density at radius 3 is 2.87 bits per heavy atom. The lowest BCUT2D eigenvalue weighted by molar-refractivity contribution is -0.115. The smallest absolute Gasteiger partial charge is 0.387 e. The van der Waals surface area contributed by atoms with Crippen molar-refractivity contribution in [2.45, 2.75) is 39.3 Å². The SMILES string of the molecule is CC[C@H](C)n1nccc1NC(=O)Cc1cccc(OC(F)F)c1. The first-order chi connectivity index (χ1) is 11.0. The summed E-state index contributed by atoms with van der Waals surface area (Å²) in [7, 11) is 0. The number of carbonyl (C=O) groups excluding carboxylic acids is 1. The van der Waals surface area contributed by atoms with Gasteiger partial charge in [-0.2, -0.15) is 13.9 Å². The maximum absolute atomic E-state index is 12.2. The van der Waals surface area contributed by atoms with E-state index in [1.165, 1.54) is 12.1 Å². The zero-order valence-corrected chi connectivity index (χ0v) is 13.0. The van der Waals surface area contributed by atoms with Gasteiger partial charge in [-0.3, -0.25) is 4.79 Å². The summed E-state index contributed by atoms with van der Waals surface area (Å²) in [6.45, 7) is 1.16. The number of anilines is 1. The van der Waals surface area contributed by atoms with Crippen LogP contribution in [0.3, 0.4) is 0 Å². The van der Waals surface area contributed by atoms with Gasteiger partial charge >= 0.3 is 6.61 Å². The van der Waals surface area contributed by atoms with E-state index in [9.17, 15) is 13.6 Å². The van der Waals surface area contributed by atoms with Gasteiger partial charge in [-0.1, -0.05) is 19.1 Å². The third kappa shape index (κ3) is 4.77. The van der Waals surface area contributed by atoms with E-state index in [1.807, 2.05) is 13.8 Å². The Hall–Kier alpha value is -2.44. The van der Waals surface area contributed by atoms with Crippen molar-refractivity contribution >= 4 is 11.7 Å². The fraction of sp³-hybridized carbons (Fsp3) is 0.375. The minimum absolute atomic E-state index is 0.0370. The van der Waals surface area contributed by atoms with Crippen LogP contribution in [-0.2, 0) is 11.2 Å². The number of aromatic nitrogens is 2. The topological polar surface area (TPSA) is 56.2 Å². The van der Waals surface area contributed by atoms with E-state index in [2.05, 4.69) is 15.2 Å². The fourth-order valence-electron chi connectivity index (χ4n) is 2.14. The van der Waals surface area contributed by atoms with E-state index < -0.39 is 6.61 Å². The largest absolute Gasteiger partial charge is 0.435 e. The van der Waals surface area contributed by atoms with Gasteiger partial charge in [0.25, 0.3) is 0 Å². The number of ether oxygens (including phenoxy) is 1. The average molecular weight is 323 g/mol. The van der Waals surface area contributed by atoms with Crippen molar-refractivity contribution in [3.8, 4) is 5.75 Å². The highest BCUT2D eigenvalue weighted by Crippen LogP contribution is 2.18. The summed E-state index contributed by atoms with van der Waals surface area (Å²) in [6.07, 6.45) is 2.57. The summed E-state index contributed by atoms with van der Waals surface area (Å²) in [5, 5.41) is 6.98. The van der Waals surface area contributed by atoms with Crippen LogP contribution in [0.15, 0.2) is 36.5 Å². The van der Waals surface area contributed by atoms with Crippen LogP contribution in [0.5, 0.6) is 5.75 Å². The van der Waals surface area contributed by atoms with Crippen molar-refractivity contribution in [3.05, 3.63) is 42.1 Å². The summed E-state index contributed by atoms with van der Waals surface area (Å²) in [5.74, 6) is 0.406. The Labute approximate surface area is 133 Å². The number of hydrogen-bond acceptors (Lipinski definition) is 3. The van der Waals surface area contributed by atoms with Gasteiger partial charge in [0.15, 0.2) is 0 Å². The number of amides is 1. The Balaban J connectivity index is 2.01. The fourth-order valence-corrected chi connectivity index (χ4v) is 2.14. The first-order valence-corrected chi connectivity index (χ1v) is 7.36. The molecule has 0 aliphatic heterocycles. The van der Waals surface area contributed by atoms with Crippen LogP contribution in [0.4, 0.5) is 14.6 Å². The zero-order chi connectivity index (χ0) is 16.8. The number of nitrogens with zero attached hydrogens (tertiary/aromatic N) is 2. The molecule has 2 rings (SSSR count). The summed E-state index contributed by atoms with van der Waals surface area (Å²) in [5.41, 5.74) is 0.593. The Kier molecular flexibility index (Phi) is 5.67. The van der Waals surface area contributed by atoms with Crippen LogP contribution in [-0.4, -0.2) is 22.3 Å². The summed E-state index contributed by atoms with van der Waals surface area (Å²) >= 11 is 0. The Bertz CT molecular complexity index is 658. The van der Waals surface area contributed by atoms with Crippen LogP contribution < -0.4 is 10.1 Å². The number of nitrogens with one attached hydrogen (secondary N) is 1. The number of alkyl halides is 2. The van der Waals surface area contributed by atoms with Gasteiger partial charge in [0, 0.05) is 6.07 Å². The highest BCUT2D eigenvalue weighted by atomic mass is 19.3. The van der Waals surface area contributed by atoms with Gasteiger partial charge in [-0.05, 0) is 31.0 Å². The number of hydrogen-bond donors (Lipinski definition) is 1. The summed E-state index contributed by atoms with van der Waals surface area (Å²) in [4.78, 5) is 12.1. The van der Waals surface area contributed by atoms with Crippen molar-refractivity contribution in [1.82, 2.24) is 9.78 Å². The van der Waals surface area contributed by atoms with E-state index >= 15 is 0 Å². The molecule has 124 valence electrons. The maximum Gasteiger partial charge on any atom is 0.387 e.